The Morgan fingerprint density at radius 2 is 0.827 bits per heavy atom. The molecule has 0 N–H and O–H groups in total. The molecule has 75 heavy (non-hydrogen) atoms. The molecule has 0 amide bonds. The van der Waals surface area contributed by atoms with Crippen molar-refractivity contribution >= 4 is 76.2 Å². The van der Waals surface area contributed by atoms with Gasteiger partial charge in [0.15, 0.2) is 0 Å². The van der Waals surface area contributed by atoms with E-state index in [0.29, 0.717) is 0 Å². The summed E-state index contributed by atoms with van der Waals surface area (Å²) in [7, 11) is 0. The second-order valence-corrected chi connectivity index (χ2v) is 20.3. The SMILES string of the molecule is C=C/C=C\c1ccc(-c2ccc(-c3ccc(N(c4ccc(-c5ccccc5-c5ccccc5-c5cccc6ccccc56)cc4)c4ccc(-c5cccc6ccccc56)c5sc6ccccc6c45)cc3)cc2)cc1C. The standard InChI is InChI=1S/C73H51NS/c1-3-4-17-50-32-37-57(48-49(50)2)53-35-33-51(34-36-53)52-38-42-58(43-39-52)74(70-47-46-68(65-30-16-21-55-19-6-8-23-61(55)65)73-72(70)69-28-13-14-31-71(69)75-73)59-44-40-56(41-45-59)62-24-9-10-25-63(62)66-26-11-12-27-67(66)64-29-15-20-54-18-5-7-22-60(54)64/h3-48H,1H2,2H3/b17-4-. The molecule has 12 aromatic carbocycles. The molecule has 0 aliphatic heterocycles. The minimum atomic E-state index is 1.08. The summed E-state index contributed by atoms with van der Waals surface area (Å²) in [6.45, 7) is 6.00. The van der Waals surface area contributed by atoms with Crippen LogP contribution in [0.25, 0.3) is 115 Å². The summed E-state index contributed by atoms with van der Waals surface area (Å²) in [4.78, 5) is 2.46. The van der Waals surface area contributed by atoms with Gasteiger partial charge < -0.3 is 4.90 Å². The van der Waals surface area contributed by atoms with Crippen LogP contribution in [0.4, 0.5) is 17.1 Å². The lowest BCUT2D eigenvalue weighted by atomic mass is 9.88. The number of hydrogen-bond donors (Lipinski definition) is 0. The van der Waals surface area contributed by atoms with Crippen molar-refractivity contribution in [3.8, 4) is 66.8 Å². The summed E-state index contributed by atoms with van der Waals surface area (Å²) in [6, 6.07) is 96.0. The third-order valence-electron chi connectivity index (χ3n) is 14.8. The summed E-state index contributed by atoms with van der Waals surface area (Å²) in [5, 5.41) is 7.49. The molecule has 0 saturated heterocycles. The Balaban J connectivity index is 0.929. The van der Waals surface area contributed by atoms with Gasteiger partial charge in [0.25, 0.3) is 0 Å². The topological polar surface area (TPSA) is 3.24 Å². The average molecular weight is 974 g/mol. The zero-order chi connectivity index (χ0) is 50.2. The highest BCUT2D eigenvalue weighted by Gasteiger charge is 2.23. The van der Waals surface area contributed by atoms with Gasteiger partial charge in [-0.05, 0) is 137 Å². The Hall–Kier alpha value is -9.34. The molecule has 2 heteroatoms. The fraction of sp³-hybridized carbons (Fsp3) is 0.0137. The lowest BCUT2D eigenvalue weighted by Gasteiger charge is -2.27. The first-order chi connectivity index (χ1) is 37.1. The van der Waals surface area contributed by atoms with E-state index in [1.807, 2.05) is 23.5 Å². The van der Waals surface area contributed by atoms with Gasteiger partial charge in [0.2, 0.25) is 0 Å². The van der Waals surface area contributed by atoms with E-state index in [2.05, 4.69) is 285 Å². The van der Waals surface area contributed by atoms with Gasteiger partial charge >= 0.3 is 0 Å². The molecule has 0 aliphatic carbocycles. The Kier molecular flexibility index (Phi) is 11.9. The molecule has 1 nitrogen and oxygen atoms in total. The van der Waals surface area contributed by atoms with Crippen LogP contribution in [0.1, 0.15) is 11.1 Å². The van der Waals surface area contributed by atoms with Crippen LogP contribution in [-0.2, 0) is 0 Å². The van der Waals surface area contributed by atoms with Crippen LogP contribution >= 0.6 is 11.3 Å². The van der Waals surface area contributed by atoms with Gasteiger partial charge in [-0.15, -0.1) is 11.3 Å². The van der Waals surface area contributed by atoms with Gasteiger partial charge in [-0.25, -0.2) is 0 Å². The summed E-state index contributed by atoms with van der Waals surface area (Å²) < 4.78 is 2.55. The number of fused-ring (bicyclic) bond motifs is 5. The highest BCUT2D eigenvalue weighted by molar-refractivity contribution is 7.26. The van der Waals surface area contributed by atoms with Crippen molar-refractivity contribution in [2.45, 2.75) is 6.92 Å². The van der Waals surface area contributed by atoms with E-state index in [0.717, 1.165) is 22.6 Å². The fourth-order valence-corrected chi connectivity index (χ4v) is 12.4. The monoisotopic (exact) mass is 973 g/mol. The molecular weight excluding hydrogens is 923 g/mol. The van der Waals surface area contributed by atoms with Crippen LogP contribution in [0.5, 0.6) is 0 Å². The maximum absolute atomic E-state index is 3.83. The molecule has 0 aliphatic rings. The molecular formula is C73H51NS. The van der Waals surface area contributed by atoms with E-state index >= 15 is 0 Å². The first kappa shape index (κ1) is 45.5. The highest BCUT2D eigenvalue weighted by atomic mass is 32.1. The van der Waals surface area contributed by atoms with Crippen molar-refractivity contribution in [1.29, 1.82) is 0 Å². The molecule has 0 atom stereocenters. The van der Waals surface area contributed by atoms with Gasteiger partial charge in [-0.2, -0.15) is 0 Å². The minimum Gasteiger partial charge on any atom is -0.310 e. The predicted molar refractivity (Wildman–Crippen MR) is 326 cm³/mol. The maximum Gasteiger partial charge on any atom is 0.0555 e. The number of rotatable bonds is 11. The Labute approximate surface area is 442 Å². The van der Waals surface area contributed by atoms with Gasteiger partial charge in [-0.1, -0.05) is 249 Å². The van der Waals surface area contributed by atoms with E-state index < -0.39 is 0 Å². The fourth-order valence-electron chi connectivity index (χ4n) is 11.1. The number of hydrogen-bond acceptors (Lipinski definition) is 2. The maximum atomic E-state index is 3.83. The number of nitrogens with zero attached hydrogens (tertiary/aromatic N) is 1. The first-order valence-electron chi connectivity index (χ1n) is 25.7. The Morgan fingerprint density at radius 1 is 0.373 bits per heavy atom. The van der Waals surface area contributed by atoms with Gasteiger partial charge in [-0.3, -0.25) is 0 Å². The molecule has 1 aromatic heterocycles. The molecule has 0 unspecified atom stereocenters. The van der Waals surface area contributed by atoms with Crippen molar-refractivity contribution < 1.29 is 0 Å². The van der Waals surface area contributed by atoms with Crippen molar-refractivity contribution in [2.75, 3.05) is 4.90 Å². The smallest absolute Gasteiger partial charge is 0.0555 e. The van der Waals surface area contributed by atoms with E-state index in [1.54, 1.807) is 0 Å². The molecule has 13 aromatic rings. The molecule has 1 heterocycles. The zero-order valence-corrected chi connectivity index (χ0v) is 42.4. The van der Waals surface area contributed by atoms with Crippen molar-refractivity contribution in [3.63, 3.8) is 0 Å². The van der Waals surface area contributed by atoms with E-state index in [9.17, 15) is 0 Å². The van der Waals surface area contributed by atoms with Crippen LogP contribution in [0, 0.1) is 6.92 Å². The van der Waals surface area contributed by atoms with Crippen LogP contribution in [0.15, 0.2) is 280 Å². The second-order valence-electron chi connectivity index (χ2n) is 19.3. The third-order valence-corrected chi connectivity index (χ3v) is 16.0. The van der Waals surface area contributed by atoms with Crippen LogP contribution in [-0.4, -0.2) is 0 Å². The zero-order valence-electron chi connectivity index (χ0n) is 41.6. The average Bonchev–Trinajstić information content (AvgIpc) is 3.88. The lowest BCUT2D eigenvalue weighted by Crippen LogP contribution is -2.10. The number of aryl methyl sites for hydroxylation is 1. The minimum absolute atomic E-state index is 1.08. The quantitative estimate of drug-likeness (QED) is 0.117. The second kappa shape index (κ2) is 19.6. The molecule has 0 spiro atoms. The van der Waals surface area contributed by atoms with Gasteiger partial charge in [0, 0.05) is 37.1 Å². The van der Waals surface area contributed by atoms with E-state index in [4.69, 9.17) is 0 Å². The largest absolute Gasteiger partial charge is 0.310 e. The summed E-state index contributed by atoms with van der Waals surface area (Å²) in [5.74, 6) is 0. The highest BCUT2D eigenvalue weighted by Crippen LogP contribution is 2.50. The van der Waals surface area contributed by atoms with Crippen molar-refractivity contribution in [2.24, 2.45) is 0 Å². The normalized spacial score (nSPS) is 11.5. The van der Waals surface area contributed by atoms with E-state index in [-0.39, 0.29) is 0 Å². The Bertz CT molecular complexity index is 4300. The van der Waals surface area contributed by atoms with Crippen LogP contribution < -0.4 is 4.90 Å². The summed E-state index contributed by atoms with van der Waals surface area (Å²) in [6.07, 6.45) is 5.91. The molecule has 13 rings (SSSR count). The number of benzene rings is 12. The lowest BCUT2D eigenvalue weighted by molar-refractivity contribution is 1.30. The predicted octanol–water partition coefficient (Wildman–Crippen LogP) is 21.3. The number of thiophene rings is 1. The summed E-state index contributed by atoms with van der Waals surface area (Å²) >= 11 is 1.88. The Morgan fingerprint density at radius 3 is 1.44 bits per heavy atom. The van der Waals surface area contributed by atoms with Crippen LogP contribution in [0.3, 0.4) is 0 Å². The molecule has 0 bridgehead atoms. The molecule has 354 valence electrons. The first-order valence-corrected chi connectivity index (χ1v) is 26.5. The number of allylic oxidation sites excluding steroid dienone is 2. The van der Waals surface area contributed by atoms with Crippen LogP contribution in [0.2, 0.25) is 0 Å². The third kappa shape index (κ3) is 8.42. The van der Waals surface area contributed by atoms with E-state index in [1.165, 1.54) is 114 Å². The van der Waals surface area contributed by atoms with Crippen molar-refractivity contribution in [1.82, 2.24) is 0 Å². The molecule has 0 fully saturated rings. The molecule has 0 saturated carbocycles. The van der Waals surface area contributed by atoms with Crippen molar-refractivity contribution in [3.05, 3.63) is 291 Å². The van der Waals surface area contributed by atoms with Gasteiger partial charge in [0.05, 0.1) is 5.69 Å². The number of anilines is 3. The van der Waals surface area contributed by atoms with Gasteiger partial charge in [0.1, 0.15) is 0 Å². The summed E-state index contributed by atoms with van der Waals surface area (Å²) in [5.41, 5.74) is 20.2. The molecule has 0 radical (unpaired) electrons.